The van der Waals surface area contributed by atoms with Crippen LogP contribution in [0.5, 0.6) is 0 Å². The summed E-state index contributed by atoms with van der Waals surface area (Å²) < 4.78 is 0. The van der Waals surface area contributed by atoms with Crippen molar-refractivity contribution in [3.8, 4) is 0 Å². The number of nitrogens with zero attached hydrogens (tertiary/aromatic N) is 3. The van der Waals surface area contributed by atoms with E-state index in [-0.39, 0.29) is 0 Å². The Morgan fingerprint density at radius 1 is 1.53 bits per heavy atom. The van der Waals surface area contributed by atoms with Gasteiger partial charge in [0.15, 0.2) is 5.17 Å². The normalized spacial score (nSPS) is 11.6. The molecule has 1 aromatic rings. The predicted molar refractivity (Wildman–Crippen MR) is 76.8 cm³/mol. The van der Waals surface area contributed by atoms with Crippen molar-refractivity contribution in [3.05, 3.63) is 29.0 Å². The first-order chi connectivity index (χ1) is 8.17. The summed E-state index contributed by atoms with van der Waals surface area (Å²) in [5, 5.41) is 1.59. The van der Waals surface area contributed by atoms with E-state index in [0.717, 1.165) is 30.2 Å². The third-order valence-corrected chi connectivity index (χ3v) is 3.22. The van der Waals surface area contributed by atoms with Gasteiger partial charge in [-0.3, -0.25) is 4.99 Å². The van der Waals surface area contributed by atoms with E-state index in [4.69, 9.17) is 11.6 Å². The molecule has 0 amide bonds. The second-order valence-corrected chi connectivity index (χ2v) is 4.87. The summed E-state index contributed by atoms with van der Waals surface area (Å²) in [6, 6.07) is 3.80. The molecule has 0 fully saturated rings. The van der Waals surface area contributed by atoms with Crippen LogP contribution in [0, 0.1) is 0 Å². The maximum Gasteiger partial charge on any atom is 0.158 e. The van der Waals surface area contributed by atoms with Crippen LogP contribution in [0.15, 0.2) is 23.3 Å². The van der Waals surface area contributed by atoms with E-state index in [2.05, 4.69) is 21.8 Å². The van der Waals surface area contributed by atoms with E-state index < -0.39 is 0 Å². The zero-order valence-corrected chi connectivity index (χ0v) is 12.1. The van der Waals surface area contributed by atoms with Crippen molar-refractivity contribution in [1.29, 1.82) is 0 Å². The monoisotopic (exact) mass is 271 g/mol. The van der Waals surface area contributed by atoms with Gasteiger partial charge in [-0.25, -0.2) is 4.98 Å². The topological polar surface area (TPSA) is 28.5 Å². The Kier molecular flexibility index (Phi) is 6.37. The van der Waals surface area contributed by atoms with E-state index in [1.54, 1.807) is 18.0 Å². The molecule has 5 heteroatoms. The summed E-state index contributed by atoms with van der Waals surface area (Å²) in [6.45, 7) is 3.80. The molecule has 0 N–H and O–H groups in total. The molecule has 1 heterocycles. The number of amidine groups is 1. The number of aliphatic imine (C=N–C) groups is 1. The maximum atomic E-state index is 5.75. The molecule has 0 atom stereocenters. The minimum atomic E-state index is 0.529. The fraction of sp³-hybridized carbons (Fsp3) is 0.500. The first kappa shape index (κ1) is 14.3. The Labute approximate surface area is 112 Å². The Morgan fingerprint density at radius 3 is 2.82 bits per heavy atom. The van der Waals surface area contributed by atoms with E-state index in [1.807, 2.05) is 25.4 Å². The van der Waals surface area contributed by atoms with Gasteiger partial charge in [-0.2, -0.15) is 0 Å². The van der Waals surface area contributed by atoms with Gasteiger partial charge >= 0.3 is 0 Å². The number of halogens is 1. The van der Waals surface area contributed by atoms with Crippen molar-refractivity contribution in [2.45, 2.75) is 19.9 Å². The molecule has 0 radical (unpaired) electrons. The van der Waals surface area contributed by atoms with Crippen LogP contribution >= 0.6 is 23.4 Å². The Hall–Kier alpha value is -0.740. The minimum Gasteiger partial charge on any atom is -0.350 e. The molecule has 0 saturated heterocycles. The highest BCUT2D eigenvalue weighted by Gasteiger charge is 2.05. The van der Waals surface area contributed by atoms with Gasteiger partial charge in [-0.1, -0.05) is 36.4 Å². The van der Waals surface area contributed by atoms with E-state index in [1.165, 1.54) is 0 Å². The molecule has 0 aliphatic carbocycles. The molecule has 0 aromatic carbocycles. The van der Waals surface area contributed by atoms with Crippen LogP contribution in [0.3, 0.4) is 0 Å². The lowest BCUT2D eigenvalue weighted by Crippen LogP contribution is -2.23. The third-order valence-electron chi connectivity index (χ3n) is 2.19. The van der Waals surface area contributed by atoms with E-state index in [0.29, 0.717) is 5.15 Å². The van der Waals surface area contributed by atoms with Crippen LogP contribution in [0.25, 0.3) is 0 Å². The summed E-state index contributed by atoms with van der Waals surface area (Å²) in [5.74, 6) is 0. The fourth-order valence-corrected chi connectivity index (χ4v) is 2.10. The largest absolute Gasteiger partial charge is 0.350 e. The van der Waals surface area contributed by atoms with Crippen molar-refractivity contribution in [2.24, 2.45) is 4.99 Å². The van der Waals surface area contributed by atoms with Crippen LogP contribution in [-0.4, -0.2) is 34.9 Å². The Balaban J connectivity index is 2.63. The van der Waals surface area contributed by atoms with Crippen molar-refractivity contribution < 1.29 is 0 Å². The average molecular weight is 272 g/mol. The molecule has 0 aliphatic rings. The Morgan fingerprint density at radius 2 is 2.29 bits per heavy atom. The van der Waals surface area contributed by atoms with Gasteiger partial charge in [0.1, 0.15) is 5.15 Å². The van der Waals surface area contributed by atoms with Gasteiger partial charge in [0, 0.05) is 26.3 Å². The van der Waals surface area contributed by atoms with E-state index >= 15 is 0 Å². The molecule has 0 spiro atoms. The van der Waals surface area contributed by atoms with Gasteiger partial charge in [0.05, 0.1) is 0 Å². The number of hydrogen-bond donors (Lipinski definition) is 0. The van der Waals surface area contributed by atoms with Crippen molar-refractivity contribution >= 4 is 28.5 Å². The van der Waals surface area contributed by atoms with Gasteiger partial charge in [-0.15, -0.1) is 0 Å². The predicted octanol–water partition coefficient (Wildman–Crippen LogP) is 3.30. The first-order valence-electron chi connectivity index (χ1n) is 5.57. The number of rotatable bonds is 4. The SMILES string of the molecule is CCCN=C(SC)N(C)Cc1ccc(Cl)nc1. The molecular formula is C12H18ClN3S. The zero-order valence-electron chi connectivity index (χ0n) is 10.5. The molecule has 1 rings (SSSR count). The summed E-state index contributed by atoms with van der Waals surface area (Å²) in [7, 11) is 2.04. The Bertz CT molecular complexity index is 365. The highest BCUT2D eigenvalue weighted by atomic mass is 35.5. The molecule has 3 nitrogen and oxygen atoms in total. The minimum absolute atomic E-state index is 0.529. The molecular weight excluding hydrogens is 254 g/mol. The van der Waals surface area contributed by atoms with Crippen LogP contribution in [0.1, 0.15) is 18.9 Å². The molecule has 0 aliphatic heterocycles. The lowest BCUT2D eigenvalue weighted by molar-refractivity contribution is 0.507. The van der Waals surface area contributed by atoms with Gasteiger partial charge in [0.2, 0.25) is 0 Å². The molecule has 1 aromatic heterocycles. The van der Waals surface area contributed by atoms with Gasteiger partial charge in [0.25, 0.3) is 0 Å². The number of thioether (sulfide) groups is 1. The highest BCUT2D eigenvalue weighted by Crippen LogP contribution is 2.11. The third kappa shape index (κ3) is 4.96. The zero-order chi connectivity index (χ0) is 12.7. The molecule has 0 unspecified atom stereocenters. The molecule has 17 heavy (non-hydrogen) atoms. The molecule has 0 bridgehead atoms. The summed E-state index contributed by atoms with van der Waals surface area (Å²) in [6.07, 6.45) is 4.92. The summed E-state index contributed by atoms with van der Waals surface area (Å²) in [4.78, 5) is 10.7. The molecule has 94 valence electrons. The smallest absolute Gasteiger partial charge is 0.158 e. The summed E-state index contributed by atoms with van der Waals surface area (Å²) >= 11 is 7.42. The van der Waals surface area contributed by atoms with E-state index in [9.17, 15) is 0 Å². The highest BCUT2D eigenvalue weighted by molar-refractivity contribution is 8.13. The van der Waals surface area contributed by atoms with Crippen molar-refractivity contribution in [2.75, 3.05) is 19.8 Å². The maximum absolute atomic E-state index is 5.75. The number of hydrogen-bond acceptors (Lipinski definition) is 3. The van der Waals surface area contributed by atoms with Crippen molar-refractivity contribution in [1.82, 2.24) is 9.88 Å². The van der Waals surface area contributed by atoms with Gasteiger partial charge < -0.3 is 4.90 Å². The standard InChI is InChI=1S/C12H18ClN3S/c1-4-7-14-12(17-3)16(2)9-10-5-6-11(13)15-8-10/h5-6,8H,4,7,9H2,1-3H3. The second-order valence-electron chi connectivity index (χ2n) is 3.71. The van der Waals surface area contributed by atoms with Crippen LogP contribution in [0.2, 0.25) is 5.15 Å². The quantitative estimate of drug-likeness (QED) is 0.478. The number of aromatic nitrogens is 1. The lowest BCUT2D eigenvalue weighted by atomic mass is 10.3. The average Bonchev–Trinajstić information content (AvgIpc) is 2.33. The van der Waals surface area contributed by atoms with Crippen molar-refractivity contribution in [3.63, 3.8) is 0 Å². The van der Waals surface area contributed by atoms with Crippen LogP contribution < -0.4 is 0 Å². The second kappa shape index (κ2) is 7.56. The first-order valence-corrected chi connectivity index (χ1v) is 7.17. The van der Waals surface area contributed by atoms with Gasteiger partial charge in [-0.05, 0) is 24.3 Å². The van der Waals surface area contributed by atoms with Crippen LogP contribution in [0.4, 0.5) is 0 Å². The van der Waals surface area contributed by atoms with Crippen LogP contribution in [-0.2, 0) is 6.54 Å². The summed E-state index contributed by atoms with van der Waals surface area (Å²) in [5.41, 5.74) is 1.13. The molecule has 0 saturated carbocycles. The fourth-order valence-electron chi connectivity index (χ4n) is 1.39. The lowest BCUT2D eigenvalue weighted by Gasteiger charge is -2.19. The number of pyridine rings is 1.